The van der Waals surface area contributed by atoms with Crippen LogP contribution in [-0.4, -0.2) is 42.9 Å². The summed E-state index contributed by atoms with van der Waals surface area (Å²) in [7, 11) is 1.41. The minimum atomic E-state index is -2.88. The van der Waals surface area contributed by atoms with Crippen LogP contribution in [0.1, 0.15) is 18.4 Å². The highest BCUT2D eigenvalue weighted by molar-refractivity contribution is 5.43. The van der Waals surface area contributed by atoms with Crippen LogP contribution in [0.25, 0.3) is 0 Å². The number of hydrogen-bond acceptors (Lipinski definition) is 4. The van der Waals surface area contributed by atoms with Crippen LogP contribution in [0.4, 0.5) is 8.78 Å². The Kier molecular flexibility index (Phi) is 5.14. The Hall–Kier alpha value is -1.40. The molecule has 1 atom stereocenters. The van der Waals surface area contributed by atoms with Gasteiger partial charge in [-0.15, -0.1) is 0 Å². The molecule has 1 unspecified atom stereocenters. The molecule has 0 aromatic heterocycles. The third kappa shape index (κ3) is 4.05. The van der Waals surface area contributed by atoms with Gasteiger partial charge in [-0.1, -0.05) is 6.07 Å². The number of aliphatic hydroxyl groups is 1. The van der Waals surface area contributed by atoms with Gasteiger partial charge in [-0.2, -0.15) is 8.78 Å². The molecular formula is C14H19F2NO3. The second-order valence-electron chi connectivity index (χ2n) is 4.89. The molecule has 1 aromatic rings. The van der Waals surface area contributed by atoms with Crippen molar-refractivity contribution in [1.29, 1.82) is 0 Å². The van der Waals surface area contributed by atoms with Crippen molar-refractivity contribution in [3.63, 3.8) is 0 Å². The first-order valence-corrected chi connectivity index (χ1v) is 6.60. The summed E-state index contributed by atoms with van der Waals surface area (Å²) in [6.45, 7) is -0.776. The number of ether oxygens (including phenoxy) is 2. The lowest BCUT2D eigenvalue weighted by Crippen LogP contribution is -2.37. The third-order valence-corrected chi connectivity index (χ3v) is 3.33. The maximum absolute atomic E-state index is 12.4. The molecular weight excluding hydrogens is 268 g/mol. The van der Waals surface area contributed by atoms with Crippen molar-refractivity contribution >= 4 is 0 Å². The van der Waals surface area contributed by atoms with Crippen molar-refractivity contribution in [3.05, 3.63) is 23.8 Å². The number of benzene rings is 1. The van der Waals surface area contributed by atoms with Crippen LogP contribution in [0.15, 0.2) is 18.2 Å². The molecule has 112 valence electrons. The molecule has 0 amide bonds. The number of piperidine rings is 1. The second-order valence-corrected chi connectivity index (χ2v) is 4.89. The van der Waals surface area contributed by atoms with Crippen molar-refractivity contribution in [2.75, 3.05) is 20.2 Å². The van der Waals surface area contributed by atoms with Crippen LogP contribution in [0.5, 0.6) is 11.5 Å². The van der Waals surface area contributed by atoms with E-state index in [1.165, 1.54) is 7.11 Å². The monoisotopic (exact) mass is 287 g/mol. The summed E-state index contributed by atoms with van der Waals surface area (Å²) in [6, 6.07) is 5.00. The Labute approximate surface area is 116 Å². The van der Waals surface area contributed by atoms with E-state index in [9.17, 15) is 13.9 Å². The van der Waals surface area contributed by atoms with Crippen molar-refractivity contribution in [3.8, 4) is 11.5 Å². The van der Waals surface area contributed by atoms with Gasteiger partial charge in [0.05, 0.1) is 13.2 Å². The average molecular weight is 287 g/mol. The summed E-state index contributed by atoms with van der Waals surface area (Å²) in [5.41, 5.74) is 0.857. The first-order valence-electron chi connectivity index (χ1n) is 6.60. The summed E-state index contributed by atoms with van der Waals surface area (Å²) in [6.07, 6.45) is 1.45. The van der Waals surface area contributed by atoms with Crippen LogP contribution < -0.4 is 9.47 Å². The fourth-order valence-electron chi connectivity index (χ4n) is 2.44. The van der Waals surface area contributed by atoms with Gasteiger partial charge in [0.15, 0.2) is 11.5 Å². The van der Waals surface area contributed by atoms with Gasteiger partial charge in [-0.25, -0.2) is 0 Å². The van der Waals surface area contributed by atoms with E-state index in [4.69, 9.17) is 4.74 Å². The van der Waals surface area contributed by atoms with Crippen LogP contribution in [0.3, 0.4) is 0 Å². The number of hydrogen-bond donors (Lipinski definition) is 1. The van der Waals surface area contributed by atoms with E-state index in [-0.39, 0.29) is 17.6 Å². The molecule has 2 rings (SSSR count). The molecule has 0 aliphatic carbocycles. The third-order valence-electron chi connectivity index (χ3n) is 3.33. The quantitative estimate of drug-likeness (QED) is 0.902. The van der Waals surface area contributed by atoms with E-state index in [1.807, 2.05) is 6.07 Å². The van der Waals surface area contributed by atoms with Gasteiger partial charge in [0.2, 0.25) is 0 Å². The Bertz CT molecular complexity index is 442. The maximum atomic E-state index is 12.4. The fraction of sp³-hybridized carbons (Fsp3) is 0.571. The van der Waals surface area contributed by atoms with Gasteiger partial charge < -0.3 is 14.6 Å². The Morgan fingerprint density at radius 2 is 2.20 bits per heavy atom. The van der Waals surface area contributed by atoms with Gasteiger partial charge in [0.25, 0.3) is 0 Å². The van der Waals surface area contributed by atoms with Gasteiger partial charge in [0.1, 0.15) is 0 Å². The van der Waals surface area contributed by atoms with E-state index < -0.39 is 6.61 Å². The van der Waals surface area contributed by atoms with Crippen LogP contribution >= 0.6 is 0 Å². The number of aliphatic hydroxyl groups excluding tert-OH is 1. The predicted molar refractivity (Wildman–Crippen MR) is 70.1 cm³/mol. The summed E-state index contributed by atoms with van der Waals surface area (Å²) in [4.78, 5) is 2.10. The first-order chi connectivity index (χ1) is 9.58. The molecule has 0 radical (unpaired) electrons. The molecule has 1 heterocycles. The zero-order chi connectivity index (χ0) is 14.5. The van der Waals surface area contributed by atoms with Gasteiger partial charge in [-0.05, 0) is 37.1 Å². The highest BCUT2D eigenvalue weighted by atomic mass is 19.3. The van der Waals surface area contributed by atoms with Crippen LogP contribution in [0, 0.1) is 0 Å². The molecule has 1 N–H and O–H groups in total. The largest absolute Gasteiger partial charge is 0.493 e. The molecule has 1 saturated heterocycles. The highest BCUT2D eigenvalue weighted by Gasteiger charge is 2.18. The highest BCUT2D eigenvalue weighted by Crippen LogP contribution is 2.30. The summed E-state index contributed by atoms with van der Waals surface area (Å²) in [5, 5.41) is 9.63. The van der Waals surface area contributed by atoms with E-state index in [0.29, 0.717) is 13.1 Å². The number of likely N-dealkylation sites (tertiary alicyclic amines) is 1. The normalized spacial score (nSPS) is 20.1. The molecule has 1 aliphatic rings. The van der Waals surface area contributed by atoms with Gasteiger partial charge >= 0.3 is 6.61 Å². The van der Waals surface area contributed by atoms with Crippen molar-refractivity contribution in [1.82, 2.24) is 4.90 Å². The van der Waals surface area contributed by atoms with E-state index in [2.05, 4.69) is 9.64 Å². The smallest absolute Gasteiger partial charge is 0.387 e. The standard InChI is InChI=1S/C14H19F2NO3/c1-19-12-5-4-10(7-13(12)20-14(15)16)8-17-6-2-3-11(18)9-17/h4-5,7,11,14,18H,2-3,6,8-9H2,1H3. The molecule has 1 aliphatic heterocycles. The summed E-state index contributed by atoms with van der Waals surface area (Å²) < 4.78 is 34.2. The first kappa shape index (κ1) is 15.0. The summed E-state index contributed by atoms with van der Waals surface area (Å²) in [5.74, 6) is 0.324. The maximum Gasteiger partial charge on any atom is 0.387 e. The van der Waals surface area contributed by atoms with Crippen LogP contribution in [-0.2, 0) is 6.54 Å². The molecule has 6 heteroatoms. The predicted octanol–water partition coefficient (Wildman–Crippen LogP) is 2.25. The lowest BCUT2D eigenvalue weighted by atomic mass is 10.1. The zero-order valence-corrected chi connectivity index (χ0v) is 11.4. The van der Waals surface area contributed by atoms with Crippen molar-refractivity contribution in [2.24, 2.45) is 0 Å². The van der Waals surface area contributed by atoms with E-state index >= 15 is 0 Å². The van der Waals surface area contributed by atoms with Crippen LogP contribution in [0.2, 0.25) is 0 Å². The Morgan fingerprint density at radius 1 is 1.40 bits per heavy atom. The Morgan fingerprint density at radius 3 is 2.85 bits per heavy atom. The fourth-order valence-corrected chi connectivity index (χ4v) is 2.44. The summed E-state index contributed by atoms with van der Waals surface area (Å²) >= 11 is 0. The molecule has 20 heavy (non-hydrogen) atoms. The lowest BCUT2D eigenvalue weighted by molar-refractivity contribution is -0.0512. The minimum absolute atomic E-state index is 0.0394. The molecule has 0 bridgehead atoms. The second kappa shape index (κ2) is 6.85. The number of halogens is 2. The number of β-amino-alcohol motifs (C(OH)–C–C–N with tert-alkyl or cyclic N) is 1. The number of methoxy groups -OCH3 is 1. The molecule has 0 saturated carbocycles. The Balaban J connectivity index is 2.07. The number of nitrogens with zero attached hydrogens (tertiary/aromatic N) is 1. The number of rotatable bonds is 5. The minimum Gasteiger partial charge on any atom is -0.493 e. The topological polar surface area (TPSA) is 41.9 Å². The average Bonchev–Trinajstić information content (AvgIpc) is 2.38. The van der Waals surface area contributed by atoms with Crippen molar-refractivity contribution in [2.45, 2.75) is 32.1 Å². The molecule has 1 aromatic carbocycles. The van der Waals surface area contributed by atoms with E-state index in [0.717, 1.165) is 24.9 Å². The molecule has 1 fully saturated rings. The van der Waals surface area contributed by atoms with E-state index in [1.54, 1.807) is 12.1 Å². The SMILES string of the molecule is COc1ccc(CN2CCCC(O)C2)cc1OC(F)F. The molecule has 4 nitrogen and oxygen atoms in total. The van der Waals surface area contributed by atoms with Gasteiger partial charge in [0, 0.05) is 13.1 Å². The van der Waals surface area contributed by atoms with Gasteiger partial charge in [-0.3, -0.25) is 4.90 Å². The molecule has 0 spiro atoms. The zero-order valence-electron chi connectivity index (χ0n) is 11.4. The van der Waals surface area contributed by atoms with Crippen molar-refractivity contribution < 1.29 is 23.4 Å². The number of alkyl halides is 2. The lowest BCUT2D eigenvalue weighted by Gasteiger charge is -2.30.